The maximum atomic E-state index is 10.9. The van der Waals surface area contributed by atoms with Gasteiger partial charge >= 0.3 is 5.97 Å². The third kappa shape index (κ3) is 1.00. The van der Waals surface area contributed by atoms with Gasteiger partial charge in [0.1, 0.15) is 0 Å². The molecule has 3 rings (SSSR count). The maximum Gasteiger partial charge on any atom is 0.355 e. The Bertz CT molecular complexity index is 614. The molecule has 0 amide bonds. The molecule has 0 saturated carbocycles. The third-order valence-electron chi connectivity index (χ3n) is 2.58. The summed E-state index contributed by atoms with van der Waals surface area (Å²) in [6.45, 7) is 0. The van der Waals surface area contributed by atoms with Gasteiger partial charge in [-0.05, 0) is 16.8 Å². The van der Waals surface area contributed by atoms with Gasteiger partial charge < -0.3 is 5.11 Å². The van der Waals surface area contributed by atoms with Crippen molar-refractivity contribution in [1.82, 2.24) is 0 Å². The molecule has 0 unspecified atom stereocenters. The Morgan fingerprint density at radius 1 is 1.13 bits per heavy atom. The monoisotopic (exact) mass is 197 g/mol. The minimum atomic E-state index is -0.959. The summed E-state index contributed by atoms with van der Waals surface area (Å²) < 4.78 is 0. The van der Waals surface area contributed by atoms with Crippen LogP contribution in [0.4, 0.5) is 5.69 Å². The number of rotatable bonds is 1. The fraction of sp³-hybridized carbons (Fsp3) is 0. The van der Waals surface area contributed by atoms with Crippen LogP contribution in [0.15, 0.2) is 41.4 Å². The Morgan fingerprint density at radius 3 is 2.73 bits per heavy atom. The van der Waals surface area contributed by atoms with Crippen molar-refractivity contribution < 1.29 is 9.90 Å². The highest BCUT2D eigenvalue weighted by atomic mass is 16.4. The van der Waals surface area contributed by atoms with Gasteiger partial charge in [-0.15, -0.1) is 0 Å². The Morgan fingerprint density at radius 2 is 1.93 bits per heavy atom. The van der Waals surface area contributed by atoms with E-state index in [1.54, 1.807) is 0 Å². The number of carbonyl (C=O) groups is 1. The van der Waals surface area contributed by atoms with Gasteiger partial charge in [0.25, 0.3) is 0 Å². The maximum absolute atomic E-state index is 10.9. The van der Waals surface area contributed by atoms with Crippen LogP contribution in [0.2, 0.25) is 0 Å². The molecule has 0 aliphatic carbocycles. The number of aliphatic carboxylic acids is 1. The van der Waals surface area contributed by atoms with Crippen LogP contribution < -0.4 is 0 Å². The molecule has 72 valence electrons. The zero-order valence-electron chi connectivity index (χ0n) is 7.77. The Hall–Kier alpha value is -2.16. The highest BCUT2D eigenvalue weighted by Gasteiger charge is 2.26. The summed E-state index contributed by atoms with van der Waals surface area (Å²) in [4.78, 5) is 14.8. The van der Waals surface area contributed by atoms with Gasteiger partial charge in [0.15, 0.2) is 5.71 Å². The van der Waals surface area contributed by atoms with Gasteiger partial charge in [-0.1, -0.05) is 30.3 Å². The van der Waals surface area contributed by atoms with E-state index in [1.165, 1.54) is 0 Å². The second-order valence-electron chi connectivity index (χ2n) is 3.45. The van der Waals surface area contributed by atoms with Crippen LogP contribution in [-0.4, -0.2) is 16.8 Å². The highest BCUT2D eigenvalue weighted by Crippen LogP contribution is 2.35. The molecule has 0 fully saturated rings. The van der Waals surface area contributed by atoms with E-state index in [0.29, 0.717) is 0 Å². The van der Waals surface area contributed by atoms with E-state index in [2.05, 4.69) is 4.99 Å². The number of carboxylic acid groups (broad SMARTS) is 1. The van der Waals surface area contributed by atoms with E-state index >= 15 is 0 Å². The summed E-state index contributed by atoms with van der Waals surface area (Å²) in [7, 11) is 0. The number of aliphatic imine (C=N–C) groups is 1. The van der Waals surface area contributed by atoms with E-state index in [1.807, 2.05) is 36.4 Å². The average molecular weight is 197 g/mol. The lowest BCUT2D eigenvalue weighted by Crippen LogP contribution is -2.20. The average Bonchev–Trinajstić information content (AvgIpc) is 2.17. The van der Waals surface area contributed by atoms with Crippen LogP contribution in [0.5, 0.6) is 0 Å². The molecular weight excluding hydrogens is 190 g/mol. The zero-order valence-corrected chi connectivity index (χ0v) is 7.77. The van der Waals surface area contributed by atoms with Crippen molar-refractivity contribution in [2.45, 2.75) is 0 Å². The Labute approximate surface area is 85.7 Å². The molecule has 1 aliphatic rings. The standard InChI is InChI=1S/C12H7NO2/c14-12(15)11-10-8-4-2-1-3-7(8)5-6-9(10)13-11/h1-6H,(H,14,15). The number of hydrogen-bond donors (Lipinski definition) is 1. The quantitative estimate of drug-likeness (QED) is 0.762. The first kappa shape index (κ1) is 8.17. The third-order valence-corrected chi connectivity index (χ3v) is 2.58. The molecule has 2 aromatic carbocycles. The molecule has 1 aliphatic heterocycles. The van der Waals surface area contributed by atoms with Crippen LogP contribution in [0.1, 0.15) is 5.56 Å². The fourth-order valence-corrected chi connectivity index (χ4v) is 1.88. The first-order chi connectivity index (χ1) is 7.27. The van der Waals surface area contributed by atoms with E-state index in [0.717, 1.165) is 22.0 Å². The molecule has 0 saturated heterocycles. The molecule has 0 spiro atoms. The number of hydrogen-bond acceptors (Lipinski definition) is 2. The second kappa shape index (κ2) is 2.67. The topological polar surface area (TPSA) is 49.7 Å². The van der Waals surface area contributed by atoms with Gasteiger partial charge in [-0.2, -0.15) is 0 Å². The predicted molar refractivity (Wildman–Crippen MR) is 57.8 cm³/mol. The van der Waals surface area contributed by atoms with Gasteiger partial charge in [0, 0.05) is 5.56 Å². The van der Waals surface area contributed by atoms with E-state index in [9.17, 15) is 4.79 Å². The lowest BCUT2D eigenvalue weighted by atomic mass is 9.95. The summed E-state index contributed by atoms with van der Waals surface area (Å²) >= 11 is 0. The summed E-state index contributed by atoms with van der Waals surface area (Å²) in [5.41, 5.74) is 1.70. The SMILES string of the molecule is O=C(O)C1=Nc2ccc3ccccc3c21. The summed E-state index contributed by atoms with van der Waals surface area (Å²) in [6, 6.07) is 11.5. The molecule has 3 nitrogen and oxygen atoms in total. The summed E-state index contributed by atoms with van der Waals surface area (Å²) in [6.07, 6.45) is 0. The summed E-state index contributed by atoms with van der Waals surface area (Å²) in [5, 5.41) is 10.9. The number of benzene rings is 2. The molecule has 3 heteroatoms. The molecule has 2 aromatic rings. The van der Waals surface area contributed by atoms with Gasteiger partial charge in [0.05, 0.1) is 5.69 Å². The van der Waals surface area contributed by atoms with Gasteiger partial charge in [-0.3, -0.25) is 0 Å². The van der Waals surface area contributed by atoms with Crippen LogP contribution in [-0.2, 0) is 4.79 Å². The minimum Gasteiger partial charge on any atom is -0.476 e. The lowest BCUT2D eigenvalue weighted by molar-refractivity contribution is -0.129. The second-order valence-corrected chi connectivity index (χ2v) is 3.45. The molecule has 1 heterocycles. The van der Waals surface area contributed by atoms with Crippen molar-refractivity contribution in [2.75, 3.05) is 0 Å². The van der Waals surface area contributed by atoms with Crippen molar-refractivity contribution in [1.29, 1.82) is 0 Å². The van der Waals surface area contributed by atoms with Crippen molar-refractivity contribution in [3.8, 4) is 0 Å². The molecule has 0 radical (unpaired) electrons. The van der Waals surface area contributed by atoms with Crippen molar-refractivity contribution in [3.05, 3.63) is 42.0 Å². The predicted octanol–water partition coefficient (Wildman–Crippen LogP) is 2.36. The van der Waals surface area contributed by atoms with E-state index < -0.39 is 5.97 Å². The number of fused-ring (bicyclic) bond motifs is 3. The van der Waals surface area contributed by atoms with Crippen molar-refractivity contribution in [3.63, 3.8) is 0 Å². The lowest BCUT2D eigenvalue weighted by Gasteiger charge is -2.17. The molecule has 0 atom stereocenters. The van der Waals surface area contributed by atoms with Crippen LogP contribution in [0.25, 0.3) is 10.8 Å². The van der Waals surface area contributed by atoms with Crippen molar-refractivity contribution in [2.24, 2.45) is 4.99 Å². The van der Waals surface area contributed by atoms with Crippen molar-refractivity contribution >= 4 is 28.1 Å². The minimum absolute atomic E-state index is 0.168. The first-order valence-electron chi connectivity index (χ1n) is 4.61. The highest BCUT2D eigenvalue weighted by molar-refractivity contribution is 6.49. The van der Waals surface area contributed by atoms with E-state index in [4.69, 9.17) is 5.11 Å². The largest absolute Gasteiger partial charge is 0.476 e. The molecule has 0 aromatic heterocycles. The number of carboxylic acids is 1. The number of nitrogens with zero attached hydrogens (tertiary/aromatic N) is 1. The van der Waals surface area contributed by atoms with Gasteiger partial charge in [0.2, 0.25) is 0 Å². The normalized spacial score (nSPS) is 12.9. The molecule has 1 N–H and O–H groups in total. The van der Waals surface area contributed by atoms with E-state index in [-0.39, 0.29) is 5.71 Å². The fourth-order valence-electron chi connectivity index (χ4n) is 1.88. The van der Waals surface area contributed by atoms with Crippen LogP contribution >= 0.6 is 0 Å². The Balaban J connectivity index is 2.34. The van der Waals surface area contributed by atoms with Crippen LogP contribution in [0, 0.1) is 0 Å². The van der Waals surface area contributed by atoms with Crippen LogP contribution in [0.3, 0.4) is 0 Å². The zero-order chi connectivity index (χ0) is 10.4. The molecule has 0 bridgehead atoms. The first-order valence-corrected chi connectivity index (χ1v) is 4.61. The van der Waals surface area contributed by atoms with Gasteiger partial charge in [-0.25, -0.2) is 9.79 Å². The smallest absolute Gasteiger partial charge is 0.355 e. The molecule has 15 heavy (non-hydrogen) atoms. The summed E-state index contributed by atoms with van der Waals surface area (Å²) in [5.74, 6) is -0.959. The molecular formula is C12H7NO2. The Kier molecular flexibility index (Phi) is 1.45.